The summed E-state index contributed by atoms with van der Waals surface area (Å²) >= 11 is 0. The van der Waals surface area contributed by atoms with Crippen LogP contribution in [0.5, 0.6) is 0 Å². The summed E-state index contributed by atoms with van der Waals surface area (Å²) in [7, 11) is 0. The zero-order valence-corrected chi connectivity index (χ0v) is 9.45. The Bertz CT molecular complexity index is 528. The second-order valence-electron chi connectivity index (χ2n) is 4.27. The number of aromatic nitrogens is 2. The van der Waals surface area contributed by atoms with Gasteiger partial charge in [-0.25, -0.2) is 4.98 Å². The van der Waals surface area contributed by atoms with E-state index in [0.29, 0.717) is 5.92 Å². The predicted octanol–water partition coefficient (Wildman–Crippen LogP) is 1.71. The quantitative estimate of drug-likeness (QED) is 0.821. The number of nitrogens with two attached hydrogens (primary N) is 1. The Kier molecular flexibility index (Phi) is 2.64. The van der Waals surface area contributed by atoms with Gasteiger partial charge in [-0.1, -0.05) is 19.9 Å². The molecule has 0 aliphatic carbocycles. The molecule has 1 heterocycles. The van der Waals surface area contributed by atoms with Crippen LogP contribution < -0.4 is 5.73 Å². The van der Waals surface area contributed by atoms with E-state index in [-0.39, 0.29) is 12.3 Å². The van der Waals surface area contributed by atoms with Gasteiger partial charge in [0.25, 0.3) is 0 Å². The first-order valence-corrected chi connectivity index (χ1v) is 5.33. The molecule has 0 spiro atoms. The van der Waals surface area contributed by atoms with Gasteiger partial charge in [-0.05, 0) is 17.7 Å². The van der Waals surface area contributed by atoms with Crippen LogP contribution in [0.3, 0.4) is 0 Å². The molecule has 0 aliphatic rings. The van der Waals surface area contributed by atoms with E-state index in [2.05, 4.69) is 23.8 Å². The minimum absolute atomic E-state index is 0.270. The average molecular weight is 217 g/mol. The number of rotatable bonds is 3. The molecule has 0 saturated carbocycles. The molecule has 4 heteroatoms. The van der Waals surface area contributed by atoms with Gasteiger partial charge in [0.05, 0.1) is 17.5 Å². The summed E-state index contributed by atoms with van der Waals surface area (Å²) in [6.07, 6.45) is 0.270. The molecular formula is C12H15N3O. The Labute approximate surface area is 93.9 Å². The number of nitrogens with one attached hydrogen (secondary N) is 1. The molecule has 0 aliphatic heterocycles. The Morgan fingerprint density at radius 2 is 2.25 bits per heavy atom. The largest absolute Gasteiger partial charge is 0.369 e. The number of carbonyl (C=O) groups excluding carboxylic acids is 1. The van der Waals surface area contributed by atoms with E-state index in [1.807, 2.05) is 18.2 Å². The molecule has 0 unspecified atom stereocenters. The highest BCUT2D eigenvalue weighted by Crippen LogP contribution is 2.18. The van der Waals surface area contributed by atoms with E-state index in [1.54, 1.807) is 0 Å². The fourth-order valence-electron chi connectivity index (χ4n) is 1.66. The second kappa shape index (κ2) is 3.96. The molecule has 1 aromatic heterocycles. The zero-order valence-electron chi connectivity index (χ0n) is 9.45. The number of carbonyl (C=O) groups is 1. The summed E-state index contributed by atoms with van der Waals surface area (Å²) in [5.74, 6) is 1.01. The molecule has 0 atom stereocenters. The monoisotopic (exact) mass is 217 g/mol. The van der Waals surface area contributed by atoms with Crippen LogP contribution in [0.15, 0.2) is 18.2 Å². The van der Waals surface area contributed by atoms with Crippen molar-refractivity contribution in [3.63, 3.8) is 0 Å². The van der Waals surface area contributed by atoms with Gasteiger partial charge >= 0.3 is 0 Å². The summed E-state index contributed by atoms with van der Waals surface area (Å²) in [6, 6.07) is 5.73. The van der Waals surface area contributed by atoms with Gasteiger partial charge in [-0.15, -0.1) is 0 Å². The van der Waals surface area contributed by atoms with Crippen molar-refractivity contribution in [3.8, 4) is 0 Å². The number of benzene rings is 1. The first-order valence-electron chi connectivity index (χ1n) is 5.33. The molecule has 0 fully saturated rings. The van der Waals surface area contributed by atoms with Crippen LogP contribution in [-0.4, -0.2) is 15.9 Å². The van der Waals surface area contributed by atoms with Crippen LogP contribution in [0.1, 0.15) is 31.2 Å². The molecule has 2 aromatic rings. The van der Waals surface area contributed by atoms with E-state index < -0.39 is 0 Å². The third kappa shape index (κ3) is 2.05. The normalized spacial score (nSPS) is 11.2. The predicted molar refractivity (Wildman–Crippen MR) is 63.1 cm³/mol. The third-order valence-corrected chi connectivity index (χ3v) is 2.49. The SMILES string of the molecule is CC(C)c1nc2ccc(CC(N)=O)cc2[nH]1. The lowest BCUT2D eigenvalue weighted by Gasteiger charge is -1.97. The molecule has 0 radical (unpaired) electrons. The molecule has 0 saturated heterocycles. The number of hydrogen-bond acceptors (Lipinski definition) is 2. The molecule has 4 nitrogen and oxygen atoms in total. The van der Waals surface area contributed by atoms with E-state index in [4.69, 9.17) is 5.73 Å². The lowest BCUT2D eigenvalue weighted by atomic mass is 10.1. The van der Waals surface area contributed by atoms with Crippen molar-refractivity contribution >= 4 is 16.9 Å². The maximum absolute atomic E-state index is 10.8. The van der Waals surface area contributed by atoms with Crippen molar-refractivity contribution in [2.75, 3.05) is 0 Å². The number of hydrogen-bond donors (Lipinski definition) is 2. The van der Waals surface area contributed by atoms with Crippen molar-refractivity contribution in [1.29, 1.82) is 0 Å². The van der Waals surface area contributed by atoms with Gasteiger partial charge in [0.15, 0.2) is 0 Å². The Balaban J connectivity index is 2.41. The number of fused-ring (bicyclic) bond motifs is 1. The Morgan fingerprint density at radius 1 is 1.50 bits per heavy atom. The first kappa shape index (κ1) is 10.7. The van der Waals surface area contributed by atoms with Gasteiger partial charge < -0.3 is 10.7 Å². The van der Waals surface area contributed by atoms with Crippen LogP contribution in [-0.2, 0) is 11.2 Å². The van der Waals surface area contributed by atoms with E-state index in [0.717, 1.165) is 22.4 Å². The maximum Gasteiger partial charge on any atom is 0.221 e. The van der Waals surface area contributed by atoms with Gasteiger partial charge in [-0.3, -0.25) is 4.79 Å². The molecule has 2 rings (SSSR count). The summed E-state index contributed by atoms with van der Waals surface area (Å²) in [5, 5.41) is 0. The highest BCUT2D eigenvalue weighted by atomic mass is 16.1. The first-order chi connectivity index (χ1) is 7.56. The van der Waals surface area contributed by atoms with Crippen molar-refractivity contribution in [1.82, 2.24) is 9.97 Å². The van der Waals surface area contributed by atoms with Crippen LogP contribution in [0.2, 0.25) is 0 Å². The summed E-state index contributed by atoms with van der Waals surface area (Å²) in [4.78, 5) is 18.5. The molecule has 1 aromatic carbocycles. The lowest BCUT2D eigenvalue weighted by Crippen LogP contribution is -2.13. The Hall–Kier alpha value is -1.84. The lowest BCUT2D eigenvalue weighted by molar-refractivity contribution is -0.117. The standard InChI is InChI=1S/C12H15N3O/c1-7(2)12-14-9-4-3-8(6-11(13)16)5-10(9)15-12/h3-5,7H,6H2,1-2H3,(H2,13,16)(H,14,15). The molecule has 3 N–H and O–H groups in total. The molecular weight excluding hydrogens is 202 g/mol. The minimum Gasteiger partial charge on any atom is -0.369 e. The van der Waals surface area contributed by atoms with Gasteiger partial charge in [0.2, 0.25) is 5.91 Å². The van der Waals surface area contributed by atoms with Crippen LogP contribution >= 0.6 is 0 Å². The highest BCUT2D eigenvalue weighted by molar-refractivity contribution is 5.80. The van der Waals surface area contributed by atoms with Crippen LogP contribution in [0, 0.1) is 0 Å². The number of nitrogens with zero attached hydrogens (tertiary/aromatic N) is 1. The van der Waals surface area contributed by atoms with Gasteiger partial charge in [0, 0.05) is 5.92 Å². The topological polar surface area (TPSA) is 71.8 Å². The number of amides is 1. The fourth-order valence-corrected chi connectivity index (χ4v) is 1.66. The van der Waals surface area contributed by atoms with Crippen molar-refractivity contribution in [2.24, 2.45) is 5.73 Å². The third-order valence-electron chi connectivity index (χ3n) is 2.49. The Morgan fingerprint density at radius 3 is 2.88 bits per heavy atom. The summed E-state index contributed by atoms with van der Waals surface area (Å²) < 4.78 is 0. The van der Waals surface area contributed by atoms with Gasteiger partial charge in [0.1, 0.15) is 5.82 Å². The van der Waals surface area contributed by atoms with Crippen molar-refractivity contribution < 1.29 is 4.79 Å². The molecule has 0 bridgehead atoms. The number of H-pyrrole nitrogens is 1. The fraction of sp³-hybridized carbons (Fsp3) is 0.333. The maximum atomic E-state index is 10.8. The average Bonchev–Trinajstić information content (AvgIpc) is 2.59. The molecule has 1 amide bonds. The van der Waals surface area contributed by atoms with Crippen molar-refractivity contribution in [3.05, 3.63) is 29.6 Å². The smallest absolute Gasteiger partial charge is 0.221 e. The number of imidazole rings is 1. The molecule has 84 valence electrons. The van der Waals surface area contributed by atoms with Crippen LogP contribution in [0.25, 0.3) is 11.0 Å². The minimum atomic E-state index is -0.317. The van der Waals surface area contributed by atoms with Crippen LogP contribution in [0.4, 0.5) is 0 Å². The number of aromatic amines is 1. The number of primary amides is 1. The van der Waals surface area contributed by atoms with E-state index in [1.165, 1.54) is 0 Å². The van der Waals surface area contributed by atoms with E-state index >= 15 is 0 Å². The summed E-state index contributed by atoms with van der Waals surface area (Å²) in [6.45, 7) is 4.17. The van der Waals surface area contributed by atoms with E-state index in [9.17, 15) is 4.79 Å². The molecule has 16 heavy (non-hydrogen) atoms. The van der Waals surface area contributed by atoms with Gasteiger partial charge in [-0.2, -0.15) is 0 Å². The summed E-state index contributed by atoms with van der Waals surface area (Å²) in [5.41, 5.74) is 7.96. The zero-order chi connectivity index (χ0) is 11.7. The second-order valence-corrected chi connectivity index (χ2v) is 4.27. The highest BCUT2D eigenvalue weighted by Gasteiger charge is 2.07. The van der Waals surface area contributed by atoms with Crippen molar-refractivity contribution in [2.45, 2.75) is 26.2 Å².